The smallest absolute Gasteiger partial charge is 0.239 e. The minimum atomic E-state index is -0.0623. The van der Waals surface area contributed by atoms with Crippen LogP contribution in [-0.2, 0) is 4.79 Å². The average molecular weight is 229 g/mol. The van der Waals surface area contributed by atoms with Crippen LogP contribution in [0, 0.1) is 5.41 Å². The van der Waals surface area contributed by atoms with Gasteiger partial charge in [-0.3, -0.25) is 4.79 Å². The summed E-state index contributed by atoms with van der Waals surface area (Å²) in [6.45, 7) is 7.07. The van der Waals surface area contributed by atoms with Gasteiger partial charge in [-0.2, -0.15) is 5.06 Å². The van der Waals surface area contributed by atoms with Crippen LogP contribution in [-0.4, -0.2) is 72.8 Å². The van der Waals surface area contributed by atoms with Crippen molar-refractivity contribution in [2.75, 3.05) is 46.8 Å². The van der Waals surface area contributed by atoms with E-state index >= 15 is 0 Å². The van der Waals surface area contributed by atoms with Gasteiger partial charge in [0.2, 0.25) is 5.91 Å². The molecule has 1 aliphatic rings. The van der Waals surface area contributed by atoms with Crippen LogP contribution in [0.15, 0.2) is 0 Å². The van der Waals surface area contributed by atoms with Crippen LogP contribution in [0.5, 0.6) is 0 Å². The highest BCUT2D eigenvalue weighted by molar-refractivity contribution is 5.78. The summed E-state index contributed by atoms with van der Waals surface area (Å²) in [4.78, 5) is 15.7. The second-order valence-electron chi connectivity index (χ2n) is 5.61. The van der Waals surface area contributed by atoms with Gasteiger partial charge in [0.25, 0.3) is 0 Å². The minimum Gasteiger partial charge on any atom is -0.340 e. The first-order valence-electron chi connectivity index (χ1n) is 5.66. The van der Waals surface area contributed by atoms with Crippen LogP contribution in [0.3, 0.4) is 0 Å². The van der Waals surface area contributed by atoms with Gasteiger partial charge < -0.3 is 15.0 Å². The number of carbonyl (C=O) groups is 1. The molecule has 1 amide bonds. The highest BCUT2D eigenvalue weighted by atomic mass is 16.5. The molecule has 1 aliphatic heterocycles. The molecule has 94 valence electrons. The fourth-order valence-electron chi connectivity index (χ4n) is 1.99. The van der Waals surface area contributed by atoms with Gasteiger partial charge in [-0.05, 0) is 19.5 Å². The summed E-state index contributed by atoms with van der Waals surface area (Å²) in [6.07, 6.45) is 0. The van der Waals surface area contributed by atoms with Crippen LogP contribution in [0.1, 0.15) is 13.8 Å². The fraction of sp³-hybridized carbons (Fsp3) is 0.909. The summed E-state index contributed by atoms with van der Waals surface area (Å²) in [5, 5.41) is 10.7. The van der Waals surface area contributed by atoms with Gasteiger partial charge in [0.15, 0.2) is 0 Å². The molecule has 1 N–H and O–H groups in total. The number of amides is 1. The topological polar surface area (TPSA) is 47.0 Å². The van der Waals surface area contributed by atoms with E-state index in [1.165, 1.54) is 0 Å². The standard InChI is InChI=1S/C11H23N3O2/c1-11(2)8-13(6-5-12(3)4)10(15)7-14(16)9-11/h16H,5-9H2,1-4H3. The molecule has 0 unspecified atom stereocenters. The van der Waals surface area contributed by atoms with Crippen molar-refractivity contribution in [1.29, 1.82) is 0 Å². The maximum atomic E-state index is 11.8. The van der Waals surface area contributed by atoms with Crippen molar-refractivity contribution in [3.8, 4) is 0 Å². The van der Waals surface area contributed by atoms with E-state index in [9.17, 15) is 10.0 Å². The Kier molecular flexibility index (Phi) is 4.29. The number of hydroxylamine groups is 2. The van der Waals surface area contributed by atoms with Crippen molar-refractivity contribution in [2.45, 2.75) is 13.8 Å². The van der Waals surface area contributed by atoms with E-state index in [0.717, 1.165) is 18.2 Å². The Hall–Kier alpha value is -0.650. The third-order valence-electron chi connectivity index (χ3n) is 2.72. The van der Waals surface area contributed by atoms with Gasteiger partial charge in [-0.1, -0.05) is 13.8 Å². The Morgan fingerprint density at radius 2 is 2.00 bits per heavy atom. The fourth-order valence-corrected chi connectivity index (χ4v) is 1.99. The molecule has 0 saturated carbocycles. The van der Waals surface area contributed by atoms with Crippen LogP contribution >= 0.6 is 0 Å². The zero-order valence-corrected chi connectivity index (χ0v) is 10.7. The van der Waals surface area contributed by atoms with Crippen LogP contribution < -0.4 is 0 Å². The van der Waals surface area contributed by atoms with Gasteiger partial charge >= 0.3 is 0 Å². The average Bonchev–Trinajstić information content (AvgIpc) is 2.18. The van der Waals surface area contributed by atoms with Crippen LogP contribution in [0.25, 0.3) is 0 Å². The van der Waals surface area contributed by atoms with Crippen LogP contribution in [0.4, 0.5) is 0 Å². The summed E-state index contributed by atoms with van der Waals surface area (Å²) in [7, 11) is 3.98. The lowest BCUT2D eigenvalue weighted by Crippen LogP contribution is -2.41. The molecule has 5 nitrogen and oxygen atoms in total. The van der Waals surface area contributed by atoms with E-state index in [1.807, 2.05) is 19.0 Å². The molecule has 0 aromatic heterocycles. The SMILES string of the molecule is CN(C)CCN1CC(C)(C)CN(O)CC1=O. The van der Waals surface area contributed by atoms with Gasteiger partial charge in [0.05, 0.1) is 0 Å². The molecular formula is C11H23N3O2. The normalized spacial score (nSPS) is 22.6. The molecule has 0 spiro atoms. The van der Waals surface area contributed by atoms with E-state index in [4.69, 9.17) is 0 Å². The zero-order valence-electron chi connectivity index (χ0n) is 10.7. The maximum Gasteiger partial charge on any atom is 0.239 e. The Morgan fingerprint density at radius 3 is 2.56 bits per heavy atom. The first kappa shape index (κ1) is 13.4. The van der Waals surface area contributed by atoms with Gasteiger partial charge in [-0.15, -0.1) is 0 Å². The molecule has 0 radical (unpaired) electrons. The molecule has 0 aliphatic carbocycles. The Labute approximate surface area is 97.6 Å². The zero-order chi connectivity index (χ0) is 12.3. The van der Waals surface area contributed by atoms with Crippen LogP contribution in [0.2, 0.25) is 0 Å². The highest BCUT2D eigenvalue weighted by Crippen LogP contribution is 2.21. The lowest BCUT2D eigenvalue weighted by Gasteiger charge is -2.30. The lowest BCUT2D eigenvalue weighted by molar-refractivity contribution is -0.143. The molecule has 1 rings (SSSR count). The summed E-state index contributed by atoms with van der Waals surface area (Å²) in [5.74, 6) is 0.00919. The maximum absolute atomic E-state index is 11.8. The van der Waals surface area contributed by atoms with Crippen molar-refractivity contribution in [1.82, 2.24) is 14.9 Å². The number of carbonyl (C=O) groups excluding carboxylic acids is 1. The molecule has 0 bridgehead atoms. The number of rotatable bonds is 3. The summed E-state index contributed by atoms with van der Waals surface area (Å²) in [6, 6.07) is 0. The molecule has 0 aromatic carbocycles. The van der Waals surface area contributed by atoms with E-state index < -0.39 is 0 Å². The van der Waals surface area contributed by atoms with Gasteiger partial charge in [-0.25, -0.2) is 0 Å². The lowest BCUT2D eigenvalue weighted by atomic mass is 9.93. The first-order chi connectivity index (χ1) is 7.30. The van der Waals surface area contributed by atoms with E-state index in [2.05, 4.69) is 18.7 Å². The minimum absolute atomic E-state index is 0.00919. The van der Waals surface area contributed by atoms with Gasteiger partial charge in [0.1, 0.15) is 6.54 Å². The third kappa shape index (κ3) is 4.08. The molecule has 5 heteroatoms. The highest BCUT2D eigenvalue weighted by Gasteiger charge is 2.31. The predicted molar refractivity (Wildman–Crippen MR) is 62.3 cm³/mol. The third-order valence-corrected chi connectivity index (χ3v) is 2.72. The largest absolute Gasteiger partial charge is 0.340 e. The van der Waals surface area contributed by atoms with E-state index in [0.29, 0.717) is 13.1 Å². The van der Waals surface area contributed by atoms with Crippen molar-refractivity contribution >= 4 is 5.91 Å². The van der Waals surface area contributed by atoms with E-state index in [1.54, 1.807) is 0 Å². The predicted octanol–water partition coefficient (Wildman–Crippen LogP) is 0.108. The summed E-state index contributed by atoms with van der Waals surface area (Å²) >= 11 is 0. The molecule has 1 fully saturated rings. The summed E-state index contributed by atoms with van der Waals surface area (Å²) in [5.41, 5.74) is -0.0623. The van der Waals surface area contributed by atoms with Crippen molar-refractivity contribution in [2.24, 2.45) is 5.41 Å². The molecule has 0 atom stereocenters. The molecule has 0 aromatic rings. The molecule has 1 heterocycles. The van der Waals surface area contributed by atoms with Gasteiger partial charge in [0, 0.05) is 26.2 Å². The molecule has 16 heavy (non-hydrogen) atoms. The Morgan fingerprint density at radius 1 is 1.38 bits per heavy atom. The quantitative estimate of drug-likeness (QED) is 0.746. The number of hydrogen-bond donors (Lipinski definition) is 1. The monoisotopic (exact) mass is 229 g/mol. The number of hydrogen-bond acceptors (Lipinski definition) is 4. The van der Waals surface area contributed by atoms with Crippen molar-refractivity contribution in [3.63, 3.8) is 0 Å². The second kappa shape index (κ2) is 5.12. The van der Waals surface area contributed by atoms with Crippen molar-refractivity contribution < 1.29 is 10.0 Å². The second-order valence-corrected chi connectivity index (χ2v) is 5.61. The van der Waals surface area contributed by atoms with E-state index in [-0.39, 0.29) is 17.9 Å². The number of nitrogens with zero attached hydrogens (tertiary/aromatic N) is 3. The number of likely N-dealkylation sites (N-methyl/N-ethyl adjacent to an activating group) is 1. The summed E-state index contributed by atoms with van der Waals surface area (Å²) < 4.78 is 0. The Balaban J connectivity index is 2.63. The Bertz CT molecular complexity index is 254. The first-order valence-corrected chi connectivity index (χ1v) is 5.66. The van der Waals surface area contributed by atoms with Crippen molar-refractivity contribution in [3.05, 3.63) is 0 Å². The molecule has 1 saturated heterocycles. The molecular weight excluding hydrogens is 206 g/mol.